The maximum Gasteiger partial charge on any atom is 0.122 e. The van der Waals surface area contributed by atoms with Crippen molar-refractivity contribution in [1.82, 2.24) is 0 Å². The quantitative estimate of drug-likeness (QED) is 0.688. The summed E-state index contributed by atoms with van der Waals surface area (Å²) in [6, 6.07) is 6.22. The van der Waals surface area contributed by atoms with Crippen LogP contribution in [0.15, 0.2) is 18.2 Å². The van der Waals surface area contributed by atoms with Crippen LogP contribution in [0.5, 0.6) is 5.75 Å². The average Bonchev–Trinajstić information content (AvgIpc) is 2.16. The fourth-order valence-corrected chi connectivity index (χ4v) is 1.67. The highest BCUT2D eigenvalue weighted by atomic mass is 16.5. The van der Waals surface area contributed by atoms with Crippen LogP contribution < -0.4 is 4.74 Å². The van der Waals surface area contributed by atoms with Crippen LogP contribution in [0.3, 0.4) is 0 Å². The highest BCUT2D eigenvalue weighted by molar-refractivity contribution is 5.41. The summed E-state index contributed by atoms with van der Waals surface area (Å²) in [4.78, 5) is 0. The van der Waals surface area contributed by atoms with Crippen LogP contribution in [-0.2, 0) is 0 Å². The third-order valence-corrected chi connectivity index (χ3v) is 2.61. The smallest absolute Gasteiger partial charge is 0.122 e. The topological polar surface area (TPSA) is 9.23 Å². The fraction of sp³-hybridized carbons (Fsp3) is 0.500. The molecule has 0 saturated heterocycles. The summed E-state index contributed by atoms with van der Waals surface area (Å²) in [6.07, 6.45) is 1.15. The van der Waals surface area contributed by atoms with E-state index in [4.69, 9.17) is 4.74 Å². The van der Waals surface area contributed by atoms with Crippen molar-refractivity contribution in [1.29, 1.82) is 0 Å². The minimum absolute atomic E-state index is 0.580. The Hall–Kier alpha value is -0.980. The Morgan fingerprint density at radius 2 is 2.08 bits per heavy atom. The molecule has 13 heavy (non-hydrogen) atoms. The fourth-order valence-electron chi connectivity index (χ4n) is 1.67. The van der Waals surface area contributed by atoms with Crippen molar-refractivity contribution in [2.75, 3.05) is 7.11 Å². The standard InChI is InChI=1S/C12H18O/c1-5-9(2)12-10(3)7-6-8-11(12)13-4/h6-9H,5H2,1-4H3. The Kier molecular flexibility index (Phi) is 3.35. The van der Waals surface area contributed by atoms with E-state index >= 15 is 0 Å². The maximum absolute atomic E-state index is 5.35. The molecule has 0 aromatic heterocycles. The van der Waals surface area contributed by atoms with Crippen LogP contribution in [-0.4, -0.2) is 7.11 Å². The van der Waals surface area contributed by atoms with Gasteiger partial charge in [0.05, 0.1) is 7.11 Å². The molecule has 1 atom stereocenters. The molecule has 0 aliphatic carbocycles. The molecule has 0 saturated carbocycles. The molecule has 1 aromatic rings. The SMILES string of the molecule is CCC(C)c1c(C)cccc1OC. The van der Waals surface area contributed by atoms with E-state index in [-0.39, 0.29) is 0 Å². The molecule has 0 aliphatic rings. The molecule has 1 nitrogen and oxygen atoms in total. The Bertz CT molecular complexity index is 278. The van der Waals surface area contributed by atoms with Crippen LogP contribution >= 0.6 is 0 Å². The summed E-state index contributed by atoms with van der Waals surface area (Å²) in [5.41, 5.74) is 2.68. The molecule has 72 valence electrons. The van der Waals surface area contributed by atoms with Crippen LogP contribution in [0.25, 0.3) is 0 Å². The van der Waals surface area contributed by atoms with Crippen molar-refractivity contribution in [3.63, 3.8) is 0 Å². The minimum Gasteiger partial charge on any atom is -0.496 e. The first-order valence-corrected chi connectivity index (χ1v) is 4.84. The van der Waals surface area contributed by atoms with E-state index in [1.165, 1.54) is 11.1 Å². The lowest BCUT2D eigenvalue weighted by Gasteiger charge is -2.16. The second kappa shape index (κ2) is 4.31. The van der Waals surface area contributed by atoms with Gasteiger partial charge >= 0.3 is 0 Å². The molecule has 1 unspecified atom stereocenters. The number of benzene rings is 1. The van der Waals surface area contributed by atoms with Crippen molar-refractivity contribution in [3.8, 4) is 5.75 Å². The van der Waals surface area contributed by atoms with Crippen molar-refractivity contribution < 1.29 is 4.74 Å². The monoisotopic (exact) mass is 178 g/mol. The van der Waals surface area contributed by atoms with Gasteiger partial charge in [0.15, 0.2) is 0 Å². The Morgan fingerprint density at radius 1 is 1.38 bits per heavy atom. The van der Waals surface area contributed by atoms with E-state index in [0.717, 1.165) is 12.2 Å². The maximum atomic E-state index is 5.35. The second-order valence-electron chi connectivity index (χ2n) is 3.50. The van der Waals surface area contributed by atoms with Crippen LogP contribution in [0.1, 0.15) is 37.3 Å². The first-order valence-electron chi connectivity index (χ1n) is 4.84. The highest BCUT2D eigenvalue weighted by Crippen LogP contribution is 2.31. The van der Waals surface area contributed by atoms with Crippen LogP contribution in [0, 0.1) is 6.92 Å². The lowest BCUT2D eigenvalue weighted by atomic mass is 9.93. The number of hydrogen-bond acceptors (Lipinski definition) is 1. The molecule has 0 heterocycles. The second-order valence-corrected chi connectivity index (χ2v) is 3.50. The molecule has 0 radical (unpaired) electrons. The first-order chi connectivity index (χ1) is 6.20. The van der Waals surface area contributed by atoms with Gasteiger partial charge in [-0.25, -0.2) is 0 Å². The molecule has 0 spiro atoms. The summed E-state index contributed by atoms with van der Waals surface area (Å²) in [6.45, 7) is 6.59. The highest BCUT2D eigenvalue weighted by Gasteiger charge is 2.11. The molecule has 0 aliphatic heterocycles. The van der Waals surface area contributed by atoms with Gasteiger partial charge in [0.2, 0.25) is 0 Å². The van der Waals surface area contributed by atoms with Crippen molar-refractivity contribution in [2.24, 2.45) is 0 Å². The van der Waals surface area contributed by atoms with E-state index in [2.05, 4.69) is 26.8 Å². The molecule has 0 amide bonds. The Labute approximate surface area is 80.7 Å². The zero-order valence-corrected chi connectivity index (χ0v) is 8.92. The average molecular weight is 178 g/mol. The van der Waals surface area contributed by atoms with Gasteiger partial charge in [0.1, 0.15) is 5.75 Å². The number of rotatable bonds is 3. The molecule has 1 aromatic carbocycles. The first kappa shape index (κ1) is 10.1. The molecule has 0 fully saturated rings. The zero-order valence-electron chi connectivity index (χ0n) is 8.92. The number of ether oxygens (including phenoxy) is 1. The number of methoxy groups -OCH3 is 1. The van der Waals surface area contributed by atoms with E-state index in [1.807, 2.05) is 12.1 Å². The lowest BCUT2D eigenvalue weighted by Crippen LogP contribution is -1.99. The summed E-state index contributed by atoms with van der Waals surface area (Å²) in [5, 5.41) is 0. The predicted octanol–water partition coefficient (Wildman–Crippen LogP) is 3.52. The normalized spacial score (nSPS) is 12.6. The molecule has 1 rings (SSSR count). The molecule has 0 bridgehead atoms. The van der Waals surface area contributed by atoms with Gasteiger partial charge in [0.25, 0.3) is 0 Å². The Morgan fingerprint density at radius 3 is 2.62 bits per heavy atom. The van der Waals surface area contributed by atoms with E-state index in [9.17, 15) is 0 Å². The molecular weight excluding hydrogens is 160 g/mol. The van der Waals surface area contributed by atoms with Crippen LogP contribution in [0.4, 0.5) is 0 Å². The minimum atomic E-state index is 0.580. The third kappa shape index (κ3) is 2.03. The third-order valence-electron chi connectivity index (χ3n) is 2.61. The lowest BCUT2D eigenvalue weighted by molar-refractivity contribution is 0.405. The van der Waals surface area contributed by atoms with E-state index < -0.39 is 0 Å². The van der Waals surface area contributed by atoms with Gasteiger partial charge < -0.3 is 4.74 Å². The van der Waals surface area contributed by atoms with Crippen molar-refractivity contribution >= 4 is 0 Å². The zero-order chi connectivity index (χ0) is 9.84. The summed E-state index contributed by atoms with van der Waals surface area (Å²) in [5.74, 6) is 1.60. The molecule has 0 N–H and O–H groups in total. The van der Waals surface area contributed by atoms with Gasteiger partial charge in [-0.05, 0) is 36.5 Å². The molecular formula is C12H18O. The Balaban J connectivity index is 3.14. The van der Waals surface area contributed by atoms with Crippen molar-refractivity contribution in [2.45, 2.75) is 33.1 Å². The number of hydrogen-bond donors (Lipinski definition) is 0. The van der Waals surface area contributed by atoms with Gasteiger partial charge in [-0.3, -0.25) is 0 Å². The summed E-state index contributed by atoms with van der Waals surface area (Å²) in [7, 11) is 1.74. The molecule has 1 heteroatoms. The number of aryl methyl sites for hydroxylation is 1. The van der Waals surface area contributed by atoms with Crippen molar-refractivity contribution in [3.05, 3.63) is 29.3 Å². The van der Waals surface area contributed by atoms with Gasteiger partial charge in [-0.1, -0.05) is 26.0 Å². The largest absolute Gasteiger partial charge is 0.496 e. The van der Waals surface area contributed by atoms with E-state index in [1.54, 1.807) is 7.11 Å². The summed E-state index contributed by atoms with van der Waals surface area (Å²) < 4.78 is 5.35. The van der Waals surface area contributed by atoms with Gasteiger partial charge in [0, 0.05) is 0 Å². The summed E-state index contributed by atoms with van der Waals surface area (Å²) >= 11 is 0. The van der Waals surface area contributed by atoms with Crippen LogP contribution in [0.2, 0.25) is 0 Å². The van der Waals surface area contributed by atoms with E-state index in [0.29, 0.717) is 5.92 Å². The van der Waals surface area contributed by atoms with Gasteiger partial charge in [-0.15, -0.1) is 0 Å². The predicted molar refractivity (Wildman–Crippen MR) is 56.4 cm³/mol. The van der Waals surface area contributed by atoms with Gasteiger partial charge in [-0.2, -0.15) is 0 Å².